The maximum Gasteiger partial charge on any atom is 0.258 e. The molecular formula is C15H14ClFN2O2. The van der Waals surface area contributed by atoms with Crippen molar-refractivity contribution in [1.82, 2.24) is 0 Å². The molecule has 2 aromatic rings. The molecule has 0 saturated carbocycles. The summed E-state index contributed by atoms with van der Waals surface area (Å²) in [5.74, 6) is -0.866. The molecule has 0 fully saturated rings. The van der Waals surface area contributed by atoms with Gasteiger partial charge >= 0.3 is 0 Å². The Morgan fingerprint density at radius 2 is 2.05 bits per heavy atom. The quantitative estimate of drug-likeness (QED) is 0.851. The number of amides is 1. The molecule has 0 radical (unpaired) electrons. The summed E-state index contributed by atoms with van der Waals surface area (Å²) in [4.78, 5) is 12.2. The number of carbonyl (C=O) groups is 1. The van der Waals surface area contributed by atoms with Crippen molar-refractivity contribution in [3.8, 4) is 5.75 Å². The molecule has 2 aromatic carbocycles. The van der Waals surface area contributed by atoms with Crippen LogP contribution in [0.15, 0.2) is 30.3 Å². The first-order valence-corrected chi connectivity index (χ1v) is 6.50. The van der Waals surface area contributed by atoms with E-state index in [0.29, 0.717) is 22.1 Å². The second kappa shape index (κ2) is 6.01. The smallest absolute Gasteiger partial charge is 0.258 e. The number of halogens is 2. The molecule has 0 aliphatic heterocycles. The van der Waals surface area contributed by atoms with Crippen LogP contribution in [-0.2, 0) is 0 Å². The van der Waals surface area contributed by atoms with Crippen molar-refractivity contribution < 1.29 is 13.9 Å². The minimum Gasteiger partial charge on any atom is -0.495 e. The lowest BCUT2D eigenvalue weighted by atomic mass is 10.1. The van der Waals surface area contributed by atoms with Gasteiger partial charge in [0.2, 0.25) is 0 Å². The lowest BCUT2D eigenvalue weighted by molar-refractivity contribution is 0.102. The van der Waals surface area contributed by atoms with Gasteiger partial charge in [-0.25, -0.2) is 4.39 Å². The Hall–Kier alpha value is -2.27. The lowest BCUT2D eigenvalue weighted by Gasteiger charge is -2.12. The van der Waals surface area contributed by atoms with E-state index in [2.05, 4.69) is 5.32 Å². The van der Waals surface area contributed by atoms with Gasteiger partial charge in [0.15, 0.2) is 0 Å². The summed E-state index contributed by atoms with van der Waals surface area (Å²) in [6.45, 7) is 1.79. The number of rotatable bonds is 3. The van der Waals surface area contributed by atoms with E-state index in [-0.39, 0.29) is 5.56 Å². The Labute approximate surface area is 126 Å². The first-order valence-electron chi connectivity index (χ1n) is 6.13. The molecule has 3 N–H and O–H groups in total. The number of hydrogen-bond donors (Lipinski definition) is 2. The van der Waals surface area contributed by atoms with E-state index in [1.54, 1.807) is 19.1 Å². The number of anilines is 2. The normalized spacial score (nSPS) is 10.3. The SMILES string of the molecule is COc1cc(Cl)c(C)cc1NC(=O)c1cc(N)ccc1F. The van der Waals surface area contributed by atoms with Crippen molar-refractivity contribution in [2.75, 3.05) is 18.2 Å². The second-order valence-electron chi connectivity index (χ2n) is 4.50. The van der Waals surface area contributed by atoms with Crippen LogP contribution in [0.1, 0.15) is 15.9 Å². The molecule has 0 atom stereocenters. The zero-order valence-corrected chi connectivity index (χ0v) is 12.3. The monoisotopic (exact) mass is 308 g/mol. The van der Waals surface area contributed by atoms with Crippen LogP contribution in [0.4, 0.5) is 15.8 Å². The minimum atomic E-state index is -0.647. The molecule has 0 heterocycles. The third kappa shape index (κ3) is 3.25. The average Bonchev–Trinajstić information content (AvgIpc) is 2.45. The minimum absolute atomic E-state index is 0.135. The predicted octanol–water partition coefficient (Wildman–Crippen LogP) is 3.63. The fourth-order valence-corrected chi connectivity index (χ4v) is 1.99. The highest BCUT2D eigenvalue weighted by Crippen LogP contribution is 2.31. The van der Waals surface area contributed by atoms with Gasteiger partial charge in [0.05, 0.1) is 18.4 Å². The molecular weight excluding hydrogens is 295 g/mol. The van der Waals surface area contributed by atoms with Gasteiger partial charge in [0.1, 0.15) is 11.6 Å². The van der Waals surface area contributed by atoms with Crippen LogP contribution in [0.25, 0.3) is 0 Å². The number of methoxy groups -OCH3 is 1. The van der Waals surface area contributed by atoms with Crippen LogP contribution in [0.5, 0.6) is 5.75 Å². The second-order valence-corrected chi connectivity index (χ2v) is 4.90. The first-order chi connectivity index (χ1) is 9.92. The average molecular weight is 309 g/mol. The van der Waals surface area contributed by atoms with E-state index in [1.807, 2.05) is 0 Å². The molecule has 0 spiro atoms. The molecule has 0 aromatic heterocycles. The van der Waals surface area contributed by atoms with Gasteiger partial charge in [-0.3, -0.25) is 4.79 Å². The lowest BCUT2D eigenvalue weighted by Crippen LogP contribution is -2.15. The van der Waals surface area contributed by atoms with Crippen LogP contribution in [0.3, 0.4) is 0 Å². The number of nitrogens with one attached hydrogen (secondary N) is 1. The molecule has 0 bridgehead atoms. The van der Waals surface area contributed by atoms with Gasteiger partial charge in [-0.15, -0.1) is 0 Å². The Bertz CT molecular complexity index is 704. The van der Waals surface area contributed by atoms with Gasteiger partial charge in [-0.05, 0) is 36.8 Å². The van der Waals surface area contributed by atoms with Crippen molar-refractivity contribution in [1.29, 1.82) is 0 Å². The number of nitrogens with two attached hydrogens (primary N) is 1. The summed E-state index contributed by atoms with van der Waals surface area (Å²) in [6.07, 6.45) is 0. The molecule has 0 aliphatic rings. The molecule has 4 nitrogen and oxygen atoms in total. The fourth-order valence-electron chi connectivity index (χ4n) is 1.84. The predicted molar refractivity (Wildman–Crippen MR) is 81.5 cm³/mol. The van der Waals surface area contributed by atoms with Crippen molar-refractivity contribution in [2.45, 2.75) is 6.92 Å². The Balaban J connectivity index is 2.35. The molecule has 6 heteroatoms. The fraction of sp³-hybridized carbons (Fsp3) is 0.133. The van der Waals surface area contributed by atoms with Crippen molar-refractivity contribution >= 4 is 28.9 Å². The molecule has 0 aliphatic carbocycles. The van der Waals surface area contributed by atoms with E-state index in [4.69, 9.17) is 22.1 Å². The van der Waals surface area contributed by atoms with Gasteiger partial charge in [-0.1, -0.05) is 11.6 Å². The molecule has 0 unspecified atom stereocenters. The highest BCUT2D eigenvalue weighted by atomic mass is 35.5. The highest BCUT2D eigenvalue weighted by molar-refractivity contribution is 6.31. The zero-order chi connectivity index (χ0) is 15.6. The van der Waals surface area contributed by atoms with Crippen LogP contribution in [0.2, 0.25) is 5.02 Å². The van der Waals surface area contributed by atoms with Crippen LogP contribution >= 0.6 is 11.6 Å². The van der Waals surface area contributed by atoms with E-state index >= 15 is 0 Å². The number of benzene rings is 2. The van der Waals surface area contributed by atoms with Gasteiger partial charge in [-0.2, -0.15) is 0 Å². The van der Waals surface area contributed by atoms with Crippen molar-refractivity contribution in [3.05, 3.63) is 52.3 Å². The van der Waals surface area contributed by atoms with Crippen molar-refractivity contribution in [3.63, 3.8) is 0 Å². The van der Waals surface area contributed by atoms with Crippen LogP contribution in [-0.4, -0.2) is 13.0 Å². The van der Waals surface area contributed by atoms with E-state index < -0.39 is 11.7 Å². The zero-order valence-electron chi connectivity index (χ0n) is 11.5. The number of carbonyl (C=O) groups excluding carboxylic acids is 1. The summed E-state index contributed by atoms with van der Waals surface area (Å²) >= 11 is 5.99. The number of aryl methyl sites for hydroxylation is 1. The molecule has 1 amide bonds. The number of ether oxygens (including phenoxy) is 1. The molecule has 0 saturated heterocycles. The van der Waals surface area contributed by atoms with E-state index in [9.17, 15) is 9.18 Å². The maximum absolute atomic E-state index is 13.7. The highest BCUT2D eigenvalue weighted by Gasteiger charge is 2.15. The first kappa shape index (κ1) is 15.1. The molecule has 21 heavy (non-hydrogen) atoms. The number of nitrogen functional groups attached to an aromatic ring is 1. The van der Waals surface area contributed by atoms with Gasteiger partial charge in [0, 0.05) is 16.8 Å². The van der Waals surface area contributed by atoms with E-state index in [1.165, 1.54) is 19.2 Å². The topological polar surface area (TPSA) is 64.3 Å². The Kier molecular flexibility index (Phi) is 4.33. The number of hydrogen-bond acceptors (Lipinski definition) is 3. The van der Waals surface area contributed by atoms with Crippen molar-refractivity contribution in [2.24, 2.45) is 0 Å². The van der Waals surface area contributed by atoms with E-state index in [0.717, 1.165) is 11.6 Å². The third-order valence-corrected chi connectivity index (χ3v) is 3.37. The largest absolute Gasteiger partial charge is 0.495 e. The maximum atomic E-state index is 13.7. The Morgan fingerprint density at radius 3 is 2.71 bits per heavy atom. The Morgan fingerprint density at radius 1 is 1.33 bits per heavy atom. The molecule has 2 rings (SSSR count). The summed E-state index contributed by atoms with van der Waals surface area (Å²) in [6, 6.07) is 7.05. The summed E-state index contributed by atoms with van der Waals surface area (Å²) in [7, 11) is 1.46. The van der Waals surface area contributed by atoms with Crippen LogP contribution < -0.4 is 15.8 Å². The molecule has 110 valence electrons. The van der Waals surface area contributed by atoms with Crippen LogP contribution in [0, 0.1) is 12.7 Å². The summed E-state index contributed by atoms with van der Waals surface area (Å²) in [5.41, 5.74) is 6.91. The van der Waals surface area contributed by atoms with Gasteiger partial charge < -0.3 is 15.8 Å². The third-order valence-electron chi connectivity index (χ3n) is 2.96. The standard InChI is InChI=1S/C15H14ClFN2O2/c1-8-5-13(14(21-2)7-11(8)16)19-15(20)10-6-9(18)3-4-12(10)17/h3-7H,18H2,1-2H3,(H,19,20). The summed E-state index contributed by atoms with van der Waals surface area (Å²) in [5, 5.41) is 3.11. The van der Waals surface area contributed by atoms with Gasteiger partial charge in [0.25, 0.3) is 5.91 Å². The summed E-state index contributed by atoms with van der Waals surface area (Å²) < 4.78 is 18.8.